The van der Waals surface area contributed by atoms with Gasteiger partial charge < -0.3 is 10.1 Å². The Morgan fingerprint density at radius 3 is 2.38 bits per heavy atom. The molecule has 0 aromatic heterocycles. The van der Waals surface area contributed by atoms with Crippen molar-refractivity contribution in [3.8, 4) is 5.75 Å². The van der Waals surface area contributed by atoms with E-state index in [9.17, 15) is 4.39 Å². The highest BCUT2D eigenvalue weighted by Crippen LogP contribution is 2.19. The summed E-state index contributed by atoms with van der Waals surface area (Å²) >= 11 is 3.17. The van der Waals surface area contributed by atoms with Gasteiger partial charge in [0.25, 0.3) is 0 Å². The quantitative estimate of drug-likeness (QED) is 0.816. The van der Waals surface area contributed by atoms with E-state index in [0.29, 0.717) is 17.1 Å². The van der Waals surface area contributed by atoms with Gasteiger partial charge in [-0.15, -0.1) is 0 Å². The van der Waals surface area contributed by atoms with E-state index in [2.05, 4.69) is 35.1 Å². The Bertz CT molecular complexity index is 584. The standard InChI is InChI=1S/C17H19BrFNO/c1-12(2)20-10-13-3-6-15(7-4-13)21-11-14-5-8-17(19)16(18)9-14/h3-9,12,20H,10-11H2,1-2H3. The van der Waals surface area contributed by atoms with E-state index in [1.807, 2.05) is 24.3 Å². The lowest BCUT2D eigenvalue weighted by Crippen LogP contribution is -2.21. The van der Waals surface area contributed by atoms with Crippen LogP contribution in [0.15, 0.2) is 46.9 Å². The van der Waals surface area contributed by atoms with Gasteiger partial charge in [0.05, 0.1) is 4.47 Å². The van der Waals surface area contributed by atoms with E-state index in [1.54, 1.807) is 12.1 Å². The van der Waals surface area contributed by atoms with Gasteiger partial charge in [-0.3, -0.25) is 0 Å². The number of rotatable bonds is 6. The number of ether oxygens (including phenoxy) is 1. The first-order valence-corrected chi connectivity index (χ1v) is 7.73. The molecule has 2 nitrogen and oxygen atoms in total. The van der Waals surface area contributed by atoms with Crippen molar-refractivity contribution in [3.63, 3.8) is 0 Å². The molecule has 2 aromatic carbocycles. The monoisotopic (exact) mass is 351 g/mol. The van der Waals surface area contributed by atoms with Crippen molar-refractivity contribution in [1.82, 2.24) is 5.32 Å². The number of hydrogen-bond acceptors (Lipinski definition) is 2. The molecule has 21 heavy (non-hydrogen) atoms. The minimum atomic E-state index is -0.263. The molecule has 0 unspecified atom stereocenters. The molecule has 0 atom stereocenters. The lowest BCUT2D eigenvalue weighted by atomic mass is 10.2. The molecule has 2 aromatic rings. The summed E-state index contributed by atoms with van der Waals surface area (Å²) in [6, 6.07) is 13.4. The van der Waals surface area contributed by atoms with E-state index in [-0.39, 0.29) is 5.82 Å². The SMILES string of the molecule is CC(C)NCc1ccc(OCc2ccc(F)c(Br)c2)cc1. The van der Waals surface area contributed by atoms with Crippen LogP contribution < -0.4 is 10.1 Å². The van der Waals surface area contributed by atoms with E-state index in [1.165, 1.54) is 11.6 Å². The largest absolute Gasteiger partial charge is 0.489 e. The molecule has 0 saturated carbocycles. The Hall–Kier alpha value is -1.39. The van der Waals surface area contributed by atoms with Crippen LogP contribution in [0.2, 0.25) is 0 Å². The Morgan fingerprint density at radius 2 is 1.76 bits per heavy atom. The van der Waals surface area contributed by atoms with Gasteiger partial charge in [-0.1, -0.05) is 32.0 Å². The molecule has 0 saturated heterocycles. The smallest absolute Gasteiger partial charge is 0.137 e. The molecule has 0 aliphatic carbocycles. The van der Waals surface area contributed by atoms with Crippen molar-refractivity contribution in [3.05, 3.63) is 63.9 Å². The number of hydrogen-bond donors (Lipinski definition) is 1. The van der Waals surface area contributed by atoms with Crippen LogP contribution in [-0.2, 0) is 13.2 Å². The van der Waals surface area contributed by atoms with Gasteiger partial charge in [0, 0.05) is 12.6 Å². The molecule has 0 fully saturated rings. The second-order valence-electron chi connectivity index (χ2n) is 5.22. The van der Waals surface area contributed by atoms with E-state index in [4.69, 9.17) is 4.74 Å². The molecular weight excluding hydrogens is 333 g/mol. The van der Waals surface area contributed by atoms with Crippen LogP contribution >= 0.6 is 15.9 Å². The molecule has 0 amide bonds. The predicted octanol–water partition coefficient (Wildman–Crippen LogP) is 4.67. The van der Waals surface area contributed by atoms with Gasteiger partial charge in [0.15, 0.2) is 0 Å². The highest BCUT2D eigenvalue weighted by atomic mass is 79.9. The van der Waals surface area contributed by atoms with Crippen LogP contribution in [-0.4, -0.2) is 6.04 Å². The predicted molar refractivity (Wildman–Crippen MR) is 86.8 cm³/mol. The lowest BCUT2D eigenvalue weighted by molar-refractivity contribution is 0.306. The zero-order valence-corrected chi connectivity index (χ0v) is 13.8. The average molecular weight is 352 g/mol. The molecule has 0 spiro atoms. The molecule has 0 radical (unpaired) electrons. The first kappa shape index (κ1) is 16.0. The third-order valence-corrected chi connectivity index (χ3v) is 3.64. The topological polar surface area (TPSA) is 21.3 Å². The Balaban J connectivity index is 1.89. The molecule has 0 heterocycles. The molecule has 0 aliphatic heterocycles. The average Bonchev–Trinajstić information content (AvgIpc) is 2.47. The van der Waals surface area contributed by atoms with Crippen molar-refractivity contribution in [1.29, 1.82) is 0 Å². The van der Waals surface area contributed by atoms with Gasteiger partial charge in [0.1, 0.15) is 18.2 Å². The third-order valence-electron chi connectivity index (χ3n) is 3.03. The molecule has 2 rings (SSSR count). The van der Waals surface area contributed by atoms with Crippen LogP contribution in [0.5, 0.6) is 5.75 Å². The van der Waals surface area contributed by atoms with Crippen molar-refractivity contribution < 1.29 is 9.13 Å². The summed E-state index contributed by atoms with van der Waals surface area (Å²) in [6.45, 7) is 5.52. The Labute approximate surface area is 133 Å². The summed E-state index contributed by atoms with van der Waals surface area (Å²) in [7, 11) is 0. The summed E-state index contributed by atoms with van der Waals surface area (Å²) in [4.78, 5) is 0. The fraction of sp³-hybridized carbons (Fsp3) is 0.294. The number of nitrogens with one attached hydrogen (secondary N) is 1. The van der Waals surface area contributed by atoms with Crippen molar-refractivity contribution in [2.24, 2.45) is 0 Å². The molecule has 4 heteroatoms. The maximum Gasteiger partial charge on any atom is 0.137 e. The molecule has 0 aliphatic rings. The molecular formula is C17H19BrFNO. The highest BCUT2D eigenvalue weighted by molar-refractivity contribution is 9.10. The molecule has 1 N–H and O–H groups in total. The van der Waals surface area contributed by atoms with Crippen LogP contribution in [0.25, 0.3) is 0 Å². The lowest BCUT2D eigenvalue weighted by Gasteiger charge is -2.10. The Kier molecular flexibility index (Phi) is 5.76. The Morgan fingerprint density at radius 1 is 1.10 bits per heavy atom. The van der Waals surface area contributed by atoms with Crippen molar-refractivity contribution in [2.45, 2.75) is 33.0 Å². The van der Waals surface area contributed by atoms with Gasteiger partial charge in [-0.2, -0.15) is 0 Å². The van der Waals surface area contributed by atoms with Crippen LogP contribution in [0, 0.1) is 5.82 Å². The molecule has 0 bridgehead atoms. The van der Waals surface area contributed by atoms with Crippen molar-refractivity contribution >= 4 is 15.9 Å². The first-order chi connectivity index (χ1) is 10.0. The van der Waals surface area contributed by atoms with Crippen LogP contribution in [0.1, 0.15) is 25.0 Å². The second kappa shape index (κ2) is 7.57. The van der Waals surface area contributed by atoms with Crippen molar-refractivity contribution in [2.75, 3.05) is 0 Å². The maximum atomic E-state index is 13.1. The zero-order chi connectivity index (χ0) is 15.2. The summed E-state index contributed by atoms with van der Waals surface area (Å²) in [5.41, 5.74) is 2.15. The normalized spacial score (nSPS) is 10.9. The maximum absolute atomic E-state index is 13.1. The van der Waals surface area contributed by atoms with Gasteiger partial charge in [-0.05, 0) is 51.3 Å². The minimum Gasteiger partial charge on any atom is -0.489 e. The van der Waals surface area contributed by atoms with E-state index < -0.39 is 0 Å². The summed E-state index contributed by atoms with van der Waals surface area (Å²) < 4.78 is 19.3. The minimum absolute atomic E-state index is 0.263. The van der Waals surface area contributed by atoms with Gasteiger partial charge >= 0.3 is 0 Å². The molecule has 112 valence electrons. The zero-order valence-electron chi connectivity index (χ0n) is 12.2. The van der Waals surface area contributed by atoms with Gasteiger partial charge in [0.2, 0.25) is 0 Å². The number of benzene rings is 2. The fourth-order valence-corrected chi connectivity index (χ4v) is 2.25. The van der Waals surface area contributed by atoms with Crippen LogP contribution in [0.3, 0.4) is 0 Å². The first-order valence-electron chi connectivity index (χ1n) is 6.93. The fourth-order valence-electron chi connectivity index (χ4n) is 1.82. The summed E-state index contributed by atoms with van der Waals surface area (Å²) in [5.74, 6) is 0.546. The second-order valence-corrected chi connectivity index (χ2v) is 6.07. The number of halogens is 2. The highest BCUT2D eigenvalue weighted by Gasteiger charge is 2.02. The van der Waals surface area contributed by atoms with Gasteiger partial charge in [-0.25, -0.2) is 4.39 Å². The third kappa shape index (κ3) is 5.14. The van der Waals surface area contributed by atoms with Crippen LogP contribution in [0.4, 0.5) is 4.39 Å². The summed E-state index contributed by atoms with van der Waals surface area (Å²) in [5, 5.41) is 3.37. The van der Waals surface area contributed by atoms with E-state index in [0.717, 1.165) is 17.9 Å². The van der Waals surface area contributed by atoms with E-state index >= 15 is 0 Å². The summed E-state index contributed by atoms with van der Waals surface area (Å²) in [6.07, 6.45) is 0.